The topological polar surface area (TPSA) is 52.6 Å². The lowest BCUT2D eigenvalue weighted by molar-refractivity contribution is 0.161. The van der Waals surface area contributed by atoms with Gasteiger partial charge >= 0.3 is 6.03 Å². The second-order valence-electron chi connectivity index (χ2n) is 6.84. The monoisotopic (exact) mass is 348 g/mol. The third-order valence-corrected chi connectivity index (χ3v) is 6.44. The van der Waals surface area contributed by atoms with E-state index >= 15 is 0 Å². The van der Waals surface area contributed by atoms with Gasteiger partial charge < -0.3 is 15.3 Å². The Balaban J connectivity index is 1.69. The minimum Gasteiger partial charge on any atom is -0.396 e. The van der Waals surface area contributed by atoms with E-state index < -0.39 is 0 Å². The van der Waals surface area contributed by atoms with Gasteiger partial charge in [-0.2, -0.15) is 11.8 Å². The molecule has 3 rings (SSSR count). The SMILES string of the molecule is CSC1CCC(NC(=O)N(CCCO)C2CCc3ccccc32)C1. The van der Waals surface area contributed by atoms with E-state index in [1.807, 2.05) is 16.7 Å². The van der Waals surface area contributed by atoms with Crippen molar-refractivity contribution in [1.29, 1.82) is 0 Å². The van der Waals surface area contributed by atoms with Crippen LogP contribution in [0, 0.1) is 0 Å². The van der Waals surface area contributed by atoms with Crippen molar-refractivity contribution < 1.29 is 9.90 Å². The number of fused-ring (bicyclic) bond motifs is 1. The number of rotatable bonds is 6. The molecule has 3 unspecified atom stereocenters. The van der Waals surface area contributed by atoms with Crippen LogP contribution in [0.2, 0.25) is 0 Å². The fraction of sp³-hybridized carbons (Fsp3) is 0.632. The smallest absolute Gasteiger partial charge is 0.318 e. The first-order valence-electron chi connectivity index (χ1n) is 9.01. The fourth-order valence-corrected chi connectivity index (χ4v) is 4.84. The summed E-state index contributed by atoms with van der Waals surface area (Å²) in [6, 6.07) is 8.91. The lowest BCUT2D eigenvalue weighted by atomic mass is 10.1. The fourth-order valence-electron chi connectivity index (χ4n) is 4.04. The maximum Gasteiger partial charge on any atom is 0.318 e. The molecule has 1 aromatic rings. The van der Waals surface area contributed by atoms with E-state index in [-0.39, 0.29) is 18.7 Å². The average molecular weight is 349 g/mol. The van der Waals surface area contributed by atoms with E-state index in [1.54, 1.807) is 0 Å². The third-order valence-electron chi connectivity index (χ3n) is 5.34. The van der Waals surface area contributed by atoms with Gasteiger partial charge in [0.2, 0.25) is 0 Å². The van der Waals surface area contributed by atoms with Gasteiger partial charge in [-0.05, 0) is 55.9 Å². The largest absolute Gasteiger partial charge is 0.396 e. The summed E-state index contributed by atoms with van der Waals surface area (Å²) >= 11 is 1.90. The van der Waals surface area contributed by atoms with Gasteiger partial charge in [0.25, 0.3) is 0 Å². The van der Waals surface area contributed by atoms with Crippen LogP contribution in [0.1, 0.15) is 49.3 Å². The molecular formula is C19H28N2O2S. The highest BCUT2D eigenvalue weighted by Crippen LogP contribution is 2.36. The zero-order valence-electron chi connectivity index (χ0n) is 14.4. The number of aliphatic hydroxyl groups excluding tert-OH is 1. The van der Waals surface area contributed by atoms with Crippen molar-refractivity contribution in [3.05, 3.63) is 35.4 Å². The summed E-state index contributed by atoms with van der Waals surface area (Å²) < 4.78 is 0. The van der Waals surface area contributed by atoms with Gasteiger partial charge in [-0.3, -0.25) is 0 Å². The van der Waals surface area contributed by atoms with Crippen molar-refractivity contribution in [2.45, 2.75) is 55.9 Å². The number of hydrogen-bond donors (Lipinski definition) is 2. The summed E-state index contributed by atoms with van der Waals surface area (Å²) in [6.45, 7) is 0.732. The Bertz CT molecular complexity index is 566. The molecule has 0 spiro atoms. The summed E-state index contributed by atoms with van der Waals surface area (Å²) in [6.07, 6.45) is 8.13. The van der Waals surface area contributed by atoms with Gasteiger partial charge in [-0.15, -0.1) is 0 Å². The standard InChI is InChI=1S/C19H28N2O2S/c1-24-16-9-8-15(13-16)20-19(23)21(11-4-12-22)18-10-7-14-5-2-3-6-17(14)18/h2-3,5-6,15-16,18,22H,4,7-13H2,1H3,(H,20,23). The van der Waals surface area contributed by atoms with E-state index in [2.05, 4.69) is 35.8 Å². The maximum absolute atomic E-state index is 12.9. The second kappa shape index (κ2) is 8.26. The summed E-state index contributed by atoms with van der Waals surface area (Å²) in [5.41, 5.74) is 2.63. The van der Waals surface area contributed by atoms with E-state index in [4.69, 9.17) is 0 Å². The Morgan fingerprint density at radius 2 is 2.17 bits per heavy atom. The van der Waals surface area contributed by atoms with Gasteiger partial charge in [0, 0.05) is 24.4 Å². The predicted octanol–water partition coefficient (Wildman–Crippen LogP) is 3.35. The molecule has 2 aliphatic carbocycles. The molecule has 2 amide bonds. The van der Waals surface area contributed by atoms with E-state index in [1.165, 1.54) is 17.5 Å². The summed E-state index contributed by atoms with van der Waals surface area (Å²) in [4.78, 5) is 14.9. The lowest BCUT2D eigenvalue weighted by Crippen LogP contribution is -2.46. The van der Waals surface area contributed by atoms with Crippen molar-refractivity contribution in [2.24, 2.45) is 0 Å². The Morgan fingerprint density at radius 3 is 2.92 bits per heavy atom. The molecule has 0 radical (unpaired) electrons. The molecule has 0 saturated heterocycles. The first-order valence-corrected chi connectivity index (χ1v) is 10.3. The molecule has 2 N–H and O–H groups in total. The normalized spacial score (nSPS) is 25.5. The van der Waals surface area contributed by atoms with Crippen LogP contribution in [0.15, 0.2) is 24.3 Å². The quantitative estimate of drug-likeness (QED) is 0.829. The van der Waals surface area contributed by atoms with Crippen LogP contribution in [-0.2, 0) is 6.42 Å². The number of nitrogens with one attached hydrogen (secondary N) is 1. The van der Waals surface area contributed by atoms with E-state index in [0.29, 0.717) is 24.3 Å². The molecule has 0 aliphatic heterocycles. The molecule has 0 aromatic heterocycles. The molecular weight excluding hydrogens is 320 g/mol. The molecule has 1 fully saturated rings. The average Bonchev–Trinajstić information content (AvgIpc) is 3.22. The molecule has 1 saturated carbocycles. The zero-order valence-corrected chi connectivity index (χ0v) is 15.2. The van der Waals surface area contributed by atoms with Gasteiger partial charge in [0.15, 0.2) is 0 Å². The molecule has 24 heavy (non-hydrogen) atoms. The third kappa shape index (κ3) is 3.89. The molecule has 132 valence electrons. The lowest BCUT2D eigenvalue weighted by Gasteiger charge is -2.31. The van der Waals surface area contributed by atoms with Gasteiger partial charge in [-0.25, -0.2) is 4.79 Å². The Labute approximate surface area is 149 Å². The predicted molar refractivity (Wildman–Crippen MR) is 99.4 cm³/mol. The molecule has 5 heteroatoms. The first-order chi connectivity index (χ1) is 11.7. The van der Waals surface area contributed by atoms with E-state index in [9.17, 15) is 9.90 Å². The highest BCUT2D eigenvalue weighted by molar-refractivity contribution is 7.99. The van der Waals surface area contributed by atoms with Crippen LogP contribution in [0.3, 0.4) is 0 Å². The number of carbonyl (C=O) groups excluding carboxylic acids is 1. The minimum absolute atomic E-state index is 0.0388. The maximum atomic E-state index is 12.9. The molecule has 0 heterocycles. The van der Waals surface area contributed by atoms with Gasteiger partial charge in [0.05, 0.1) is 6.04 Å². The molecule has 0 bridgehead atoms. The number of nitrogens with zero attached hydrogens (tertiary/aromatic N) is 1. The number of carbonyl (C=O) groups is 1. The van der Waals surface area contributed by atoms with Gasteiger partial charge in [0.1, 0.15) is 0 Å². The Morgan fingerprint density at radius 1 is 1.33 bits per heavy atom. The summed E-state index contributed by atoms with van der Waals surface area (Å²) in [5, 5.41) is 13.2. The zero-order chi connectivity index (χ0) is 16.9. The number of aliphatic hydroxyl groups is 1. The van der Waals surface area contributed by atoms with E-state index in [0.717, 1.165) is 25.7 Å². The summed E-state index contributed by atoms with van der Waals surface area (Å²) in [5.74, 6) is 0. The first kappa shape index (κ1) is 17.6. The molecule has 4 nitrogen and oxygen atoms in total. The second-order valence-corrected chi connectivity index (χ2v) is 7.98. The van der Waals surface area contributed by atoms with Crippen LogP contribution in [0.5, 0.6) is 0 Å². The highest BCUT2D eigenvalue weighted by atomic mass is 32.2. The van der Waals surface area contributed by atoms with Crippen molar-refractivity contribution in [3.8, 4) is 0 Å². The number of benzene rings is 1. The molecule has 3 atom stereocenters. The van der Waals surface area contributed by atoms with Crippen molar-refractivity contribution in [1.82, 2.24) is 10.2 Å². The number of thioether (sulfide) groups is 1. The summed E-state index contributed by atoms with van der Waals surface area (Å²) in [7, 11) is 0. The highest BCUT2D eigenvalue weighted by Gasteiger charge is 2.32. The van der Waals surface area contributed by atoms with Crippen molar-refractivity contribution in [2.75, 3.05) is 19.4 Å². The van der Waals surface area contributed by atoms with Crippen LogP contribution in [-0.4, -0.2) is 46.7 Å². The number of aryl methyl sites for hydroxylation is 1. The Hall–Kier alpha value is -1.20. The number of amides is 2. The van der Waals surface area contributed by atoms with Crippen molar-refractivity contribution >= 4 is 17.8 Å². The Kier molecular flexibility index (Phi) is 6.06. The van der Waals surface area contributed by atoms with Gasteiger partial charge in [-0.1, -0.05) is 24.3 Å². The van der Waals surface area contributed by atoms with Crippen LogP contribution in [0.25, 0.3) is 0 Å². The van der Waals surface area contributed by atoms with Crippen LogP contribution >= 0.6 is 11.8 Å². The number of urea groups is 1. The van der Waals surface area contributed by atoms with Crippen LogP contribution < -0.4 is 5.32 Å². The number of hydrogen-bond acceptors (Lipinski definition) is 3. The molecule has 2 aliphatic rings. The minimum atomic E-state index is 0.0388. The molecule has 1 aromatic carbocycles. The van der Waals surface area contributed by atoms with Crippen LogP contribution in [0.4, 0.5) is 4.79 Å². The van der Waals surface area contributed by atoms with Crippen molar-refractivity contribution in [3.63, 3.8) is 0 Å².